The van der Waals surface area contributed by atoms with Crippen LogP contribution in [0.5, 0.6) is 0 Å². The summed E-state index contributed by atoms with van der Waals surface area (Å²) >= 11 is 24.6. The van der Waals surface area contributed by atoms with Crippen molar-refractivity contribution in [3.63, 3.8) is 0 Å². The van der Waals surface area contributed by atoms with E-state index in [4.69, 9.17) is 46.4 Å². The molecule has 0 spiro atoms. The molecule has 1 aliphatic carbocycles. The third-order valence-corrected chi connectivity index (χ3v) is 7.27. The largest absolute Gasteiger partial charge is 0.416 e. The zero-order chi connectivity index (χ0) is 27.3. The number of halogens is 9. The molecule has 3 aromatic rings. The summed E-state index contributed by atoms with van der Waals surface area (Å²) in [6.07, 6.45) is -4.65. The van der Waals surface area contributed by atoms with E-state index in [0.717, 1.165) is 30.3 Å². The Balaban J connectivity index is 1.54. The van der Waals surface area contributed by atoms with E-state index in [-0.39, 0.29) is 32.5 Å². The smallest absolute Gasteiger partial charge is 0.326 e. The zero-order valence-corrected chi connectivity index (χ0v) is 21.1. The van der Waals surface area contributed by atoms with Crippen LogP contribution in [0.2, 0.25) is 10.0 Å². The summed E-state index contributed by atoms with van der Waals surface area (Å²) in [4.78, 5) is 25.6. The molecule has 13 heteroatoms. The summed E-state index contributed by atoms with van der Waals surface area (Å²) < 4.78 is 64.8. The highest BCUT2D eigenvalue weighted by Gasteiger charge is 2.68. The van der Waals surface area contributed by atoms with Crippen molar-refractivity contribution in [2.24, 2.45) is 5.92 Å². The first-order valence-corrected chi connectivity index (χ1v) is 11.8. The second-order valence-electron chi connectivity index (χ2n) is 8.13. The van der Waals surface area contributed by atoms with Gasteiger partial charge in [-0.25, -0.2) is 8.78 Å². The number of amides is 2. The van der Waals surface area contributed by atoms with Gasteiger partial charge in [-0.3, -0.25) is 9.59 Å². The Morgan fingerprint density at radius 1 is 0.865 bits per heavy atom. The summed E-state index contributed by atoms with van der Waals surface area (Å²) in [7, 11) is 0. The molecule has 2 atom stereocenters. The second kappa shape index (κ2) is 9.94. The summed E-state index contributed by atoms with van der Waals surface area (Å²) in [5, 5.41) is 4.66. The molecule has 0 bridgehead atoms. The van der Waals surface area contributed by atoms with E-state index in [1.54, 1.807) is 0 Å². The quantitative estimate of drug-likeness (QED) is 0.231. The molecule has 37 heavy (non-hydrogen) atoms. The van der Waals surface area contributed by atoms with Gasteiger partial charge in [-0.2, -0.15) is 13.2 Å². The molecule has 4 rings (SSSR count). The third-order valence-electron chi connectivity index (χ3n) is 5.65. The minimum Gasteiger partial charge on any atom is -0.326 e. The molecule has 1 fully saturated rings. The van der Waals surface area contributed by atoms with E-state index < -0.39 is 51.4 Å². The number of rotatable bonds is 5. The van der Waals surface area contributed by atoms with E-state index in [2.05, 4.69) is 10.6 Å². The first-order valence-electron chi connectivity index (χ1n) is 10.3. The van der Waals surface area contributed by atoms with Crippen molar-refractivity contribution in [2.45, 2.75) is 16.4 Å². The number of hydrogen-bond acceptors (Lipinski definition) is 2. The van der Waals surface area contributed by atoms with Crippen molar-refractivity contribution in [1.29, 1.82) is 0 Å². The molecule has 0 heterocycles. The monoisotopic (exact) mass is 596 g/mol. The van der Waals surface area contributed by atoms with Gasteiger partial charge >= 0.3 is 6.18 Å². The van der Waals surface area contributed by atoms with Crippen LogP contribution in [-0.2, 0) is 11.0 Å². The fraction of sp³-hybridized carbons (Fsp3) is 0.167. The molecule has 3 aromatic carbocycles. The van der Waals surface area contributed by atoms with E-state index in [9.17, 15) is 31.5 Å². The number of alkyl halides is 5. The van der Waals surface area contributed by atoms with E-state index in [1.165, 1.54) is 18.2 Å². The van der Waals surface area contributed by atoms with Gasteiger partial charge in [0.1, 0.15) is 16.0 Å². The lowest BCUT2D eigenvalue weighted by atomic mass is 10.0. The molecule has 2 N–H and O–H groups in total. The predicted octanol–water partition coefficient (Wildman–Crippen LogP) is 8.07. The number of benzene rings is 3. The van der Waals surface area contributed by atoms with Crippen LogP contribution in [0, 0.1) is 17.6 Å². The first-order chi connectivity index (χ1) is 17.2. The number of anilines is 2. The number of nitrogens with one attached hydrogen (secondary N) is 2. The molecule has 4 nitrogen and oxygen atoms in total. The van der Waals surface area contributed by atoms with Crippen molar-refractivity contribution >= 4 is 69.6 Å². The maximum Gasteiger partial charge on any atom is 0.416 e. The van der Waals surface area contributed by atoms with E-state index in [1.807, 2.05) is 0 Å². The highest BCUT2D eigenvalue weighted by Crippen LogP contribution is 2.66. The second-order valence-corrected chi connectivity index (χ2v) is 10.4. The van der Waals surface area contributed by atoms with E-state index in [0.29, 0.717) is 6.07 Å². The average molecular weight is 598 g/mol. The molecule has 2 amide bonds. The summed E-state index contributed by atoms with van der Waals surface area (Å²) in [5.41, 5.74) is -1.40. The molecular weight excluding hydrogens is 585 g/mol. The van der Waals surface area contributed by atoms with Crippen LogP contribution in [0.15, 0.2) is 54.6 Å². The molecule has 0 saturated heterocycles. The molecule has 0 aromatic heterocycles. The Kier molecular flexibility index (Phi) is 7.38. The van der Waals surface area contributed by atoms with Gasteiger partial charge in [-0.05, 0) is 54.1 Å². The summed E-state index contributed by atoms with van der Waals surface area (Å²) in [6, 6.07) is 9.02. The van der Waals surface area contributed by atoms with Crippen molar-refractivity contribution in [3.05, 3.63) is 93.0 Å². The Bertz CT molecular complexity index is 1410. The standard InChI is InChI=1S/C24H13Cl4F5N2O2/c25-15-4-1-10(24(31,32)33)7-13(15)19-20(23(19,27)28)22(37)34-12-3-5-16(26)14(9-12)21(36)35-18-6-2-11(29)8-17(18)30/h1-9,19-20H,(H,34,37)(H,35,36). The van der Waals surface area contributed by atoms with Crippen molar-refractivity contribution in [3.8, 4) is 0 Å². The molecular formula is C24H13Cl4F5N2O2. The van der Waals surface area contributed by atoms with Gasteiger partial charge in [0.15, 0.2) is 0 Å². The minimum absolute atomic E-state index is 0.0397. The Hall–Kier alpha value is -2.59. The van der Waals surface area contributed by atoms with Crippen LogP contribution < -0.4 is 10.6 Å². The lowest BCUT2D eigenvalue weighted by Gasteiger charge is -2.11. The zero-order valence-electron chi connectivity index (χ0n) is 18.1. The van der Waals surface area contributed by atoms with Crippen LogP contribution in [0.1, 0.15) is 27.4 Å². The molecule has 1 aliphatic rings. The SMILES string of the molecule is O=C(Nc1ccc(F)cc1F)c1cc(NC(=O)C2C(c3cc(C(F)(F)F)ccc3Cl)C2(Cl)Cl)ccc1Cl. The maximum absolute atomic E-state index is 13.9. The van der Waals surface area contributed by atoms with Gasteiger partial charge in [-0.1, -0.05) is 23.2 Å². The van der Waals surface area contributed by atoms with Crippen LogP contribution in [0.3, 0.4) is 0 Å². The van der Waals surface area contributed by atoms with Crippen molar-refractivity contribution in [2.75, 3.05) is 10.6 Å². The molecule has 0 aliphatic heterocycles. The molecule has 194 valence electrons. The average Bonchev–Trinajstić information content (AvgIpc) is 3.38. The van der Waals surface area contributed by atoms with Crippen LogP contribution in [-0.4, -0.2) is 16.1 Å². The maximum atomic E-state index is 13.9. The van der Waals surface area contributed by atoms with Gasteiger partial charge in [0.2, 0.25) is 5.91 Å². The Morgan fingerprint density at radius 2 is 1.54 bits per heavy atom. The fourth-order valence-electron chi connectivity index (χ4n) is 3.78. The van der Waals surface area contributed by atoms with Gasteiger partial charge < -0.3 is 10.6 Å². The molecule has 0 radical (unpaired) electrons. The topological polar surface area (TPSA) is 58.2 Å². The lowest BCUT2D eigenvalue weighted by molar-refractivity contribution is -0.137. The van der Waals surface area contributed by atoms with Crippen LogP contribution in [0.4, 0.5) is 33.3 Å². The summed E-state index contributed by atoms with van der Waals surface area (Å²) in [6.45, 7) is 0. The van der Waals surface area contributed by atoms with Crippen molar-refractivity contribution in [1.82, 2.24) is 0 Å². The number of hydrogen-bond donors (Lipinski definition) is 2. The Morgan fingerprint density at radius 3 is 2.19 bits per heavy atom. The van der Waals surface area contributed by atoms with Crippen LogP contribution in [0.25, 0.3) is 0 Å². The van der Waals surface area contributed by atoms with Crippen LogP contribution >= 0.6 is 46.4 Å². The van der Waals surface area contributed by atoms with Gasteiger partial charge in [0, 0.05) is 22.7 Å². The highest BCUT2D eigenvalue weighted by molar-refractivity contribution is 6.54. The summed E-state index contributed by atoms with van der Waals surface area (Å²) in [5.74, 6) is -5.65. The first kappa shape index (κ1) is 27.4. The Labute approximate surface area is 226 Å². The minimum atomic E-state index is -4.65. The fourth-order valence-corrected chi connectivity index (χ4v) is 5.03. The number of carbonyl (C=O) groups excluding carboxylic acids is 2. The van der Waals surface area contributed by atoms with Gasteiger partial charge in [-0.15, -0.1) is 23.2 Å². The van der Waals surface area contributed by atoms with E-state index >= 15 is 0 Å². The van der Waals surface area contributed by atoms with Gasteiger partial charge in [0.05, 0.1) is 27.8 Å². The lowest BCUT2D eigenvalue weighted by Crippen LogP contribution is -2.18. The molecule has 2 unspecified atom stereocenters. The predicted molar refractivity (Wildman–Crippen MR) is 132 cm³/mol. The third kappa shape index (κ3) is 5.65. The van der Waals surface area contributed by atoms with Crippen molar-refractivity contribution < 1.29 is 31.5 Å². The highest BCUT2D eigenvalue weighted by atomic mass is 35.5. The molecule has 1 saturated carbocycles. The van der Waals surface area contributed by atoms with Gasteiger partial charge in [0.25, 0.3) is 5.91 Å². The normalized spacial score (nSPS) is 18.3. The number of carbonyl (C=O) groups is 2.